The van der Waals surface area contributed by atoms with Crippen LogP contribution < -0.4 is 10.5 Å². The average Bonchev–Trinajstić information content (AvgIpc) is 3.23. The van der Waals surface area contributed by atoms with Gasteiger partial charge in [-0.2, -0.15) is 0 Å². The summed E-state index contributed by atoms with van der Waals surface area (Å²) in [6.45, 7) is 0.503. The molecule has 2 saturated carbocycles. The third-order valence-corrected chi connectivity index (χ3v) is 5.33. The molecule has 0 bridgehead atoms. The van der Waals surface area contributed by atoms with E-state index in [2.05, 4.69) is 0 Å². The van der Waals surface area contributed by atoms with Crippen molar-refractivity contribution in [1.82, 2.24) is 0 Å². The summed E-state index contributed by atoms with van der Waals surface area (Å²) in [7, 11) is 1.67. The molecule has 3 N–H and O–H groups in total. The van der Waals surface area contributed by atoms with Gasteiger partial charge in [-0.05, 0) is 48.3 Å². The predicted octanol–water partition coefficient (Wildman–Crippen LogP) is 2.53. The minimum absolute atomic E-state index is 0.0523. The van der Waals surface area contributed by atoms with Gasteiger partial charge in [0.2, 0.25) is 0 Å². The van der Waals surface area contributed by atoms with Crippen LogP contribution in [0, 0.1) is 17.8 Å². The smallest absolute Gasteiger partial charge is 0.118 e. The highest BCUT2D eigenvalue weighted by molar-refractivity contribution is 5.31. The Balaban J connectivity index is 1.72. The quantitative estimate of drug-likeness (QED) is 0.868. The molecule has 2 fully saturated rings. The number of nitrogens with two attached hydrogens (primary N) is 1. The van der Waals surface area contributed by atoms with Gasteiger partial charge in [-0.15, -0.1) is 0 Å². The minimum Gasteiger partial charge on any atom is -0.497 e. The van der Waals surface area contributed by atoms with E-state index in [0.717, 1.165) is 23.1 Å². The topological polar surface area (TPSA) is 55.5 Å². The first-order chi connectivity index (χ1) is 9.76. The van der Waals surface area contributed by atoms with Crippen LogP contribution in [0.2, 0.25) is 0 Å². The van der Waals surface area contributed by atoms with Crippen LogP contribution in [0.3, 0.4) is 0 Å². The van der Waals surface area contributed by atoms with E-state index in [4.69, 9.17) is 10.5 Å². The number of fused-ring (bicyclic) bond motifs is 1. The SMILES string of the molecule is COc1ccc(C(CN)C(O)C2C3CCCCC32)cc1. The molecular weight excluding hydrogens is 250 g/mol. The summed E-state index contributed by atoms with van der Waals surface area (Å²) in [5.74, 6) is 2.89. The zero-order chi connectivity index (χ0) is 14.1. The number of ether oxygens (including phenoxy) is 1. The Morgan fingerprint density at radius 3 is 2.30 bits per heavy atom. The molecule has 2 aliphatic carbocycles. The molecule has 1 aromatic rings. The van der Waals surface area contributed by atoms with E-state index in [0.29, 0.717) is 12.5 Å². The minimum atomic E-state index is -0.290. The van der Waals surface area contributed by atoms with Crippen LogP contribution in [0.15, 0.2) is 24.3 Å². The molecule has 110 valence electrons. The zero-order valence-electron chi connectivity index (χ0n) is 12.2. The molecule has 0 saturated heterocycles. The number of aliphatic hydroxyl groups is 1. The standard InChI is InChI=1S/C17H25NO2/c1-20-12-8-6-11(7-9-12)15(10-18)17(19)16-13-4-2-3-5-14(13)16/h6-9,13-17,19H,2-5,10,18H2,1H3. The maximum Gasteiger partial charge on any atom is 0.118 e. The molecule has 0 spiro atoms. The maximum atomic E-state index is 10.7. The first kappa shape index (κ1) is 13.9. The van der Waals surface area contributed by atoms with Gasteiger partial charge in [0.05, 0.1) is 13.2 Å². The summed E-state index contributed by atoms with van der Waals surface area (Å²) in [6, 6.07) is 7.96. The van der Waals surface area contributed by atoms with Gasteiger partial charge >= 0.3 is 0 Å². The molecule has 1 aromatic carbocycles. The maximum absolute atomic E-state index is 10.7. The zero-order valence-corrected chi connectivity index (χ0v) is 12.2. The molecule has 0 radical (unpaired) electrons. The highest BCUT2D eigenvalue weighted by Crippen LogP contribution is 2.58. The number of benzene rings is 1. The van der Waals surface area contributed by atoms with Crippen molar-refractivity contribution in [3.63, 3.8) is 0 Å². The van der Waals surface area contributed by atoms with Crippen molar-refractivity contribution < 1.29 is 9.84 Å². The van der Waals surface area contributed by atoms with Crippen LogP contribution in [0.25, 0.3) is 0 Å². The monoisotopic (exact) mass is 275 g/mol. The fourth-order valence-electron chi connectivity index (χ4n) is 4.15. The second-order valence-corrected chi connectivity index (χ2v) is 6.30. The normalized spacial score (nSPS) is 31.2. The van der Waals surface area contributed by atoms with E-state index in [-0.39, 0.29) is 12.0 Å². The summed E-state index contributed by atoms with van der Waals surface area (Å²) in [5, 5.41) is 10.7. The van der Waals surface area contributed by atoms with Crippen molar-refractivity contribution in [2.75, 3.05) is 13.7 Å². The van der Waals surface area contributed by atoms with E-state index in [1.165, 1.54) is 25.7 Å². The van der Waals surface area contributed by atoms with Crippen molar-refractivity contribution in [3.8, 4) is 5.75 Å². The summed E-state index contributed by atoms with van der Waals surface area (Å²) in [6.07, 6.45) is 4.97. The van der Waals surface area contributed by atoms with Gasteiger partial charge in [0.15, 0.2) is 0 Å². The molecule has 3 rings (SSSR count). The Morgan fingerprint density at radius 2 is 1.80 bits per heavy atom. The Hall–Kier alpha value is -1.06. The molecule has 20 heavy (non-hydrogen) atoms. The third kappa shape index (κ3) is 2.45. The molecular formula is C17H25NO2. The van der Waals surface area contributed by atoms with Crippen LogP contribution in [0.5, 0.6) is 5.75 Å². The first-order valence-electron chi connectivity index (χ1n) is 7.78. The molecule has 0 heterocycles. The molecule has 2 aliphatic rings. The van der Waals surface area contributed by atoms with E-state index >= 15 is 0 Å². The first-order valence-corrected chi connectivity index (χ1v) is 7.78. The lowest BCUT2D eigenvalue weighted by Gasteiger charge is -2.22. The third-order valence-electron chi connectivity index (χ3n) is 5.33. The van der Waals surface area contributed by atoms with Gasteiger partial charge in [-0.3, -0.25) is 0 Å². The molecule has 3 heteroatoms. The van der Waals surface area contributed by atoms with Crippen LogP contribution in [-0.2, 0) is 0 Å². The lowest BCUT2D eigenvalue weighted by molar-refractivity contribution is 0.112. The summed E-state index contributed by atoms with van der Waals surface area (Å²) >= 11 is 0. The fraction of sp³-hybridized carbons (Fsp3) is 0.647. The predicted molar refractivity (Wildman–Crippen MR) is 79.7 cm³/mol. The Bertz CT molecular complexity index is 433. The highest BCUT2D eigenvalue weighted by Gasteiger charge is 2.55. The summed E-state index contributed by atoms with van der Waals surface area (Å²) < 4.78 is 5.19. The van der Waals surface area contributed by atoms with Crippen molar-refractivity contribution >= 4 is 0 Å². The van der Waals surface area contributed by atoms with Gasteiger partial charge in [-0.1, -0.05) is 25.0 Å². The largest absolute Gasteiger partial charge is 0.497 e. The molecule has 0 aromatic heterocycles. The second kappa shape index (κ2) is 5.74. The number of hydrogen-bond donors (Lipinski definition) is 2. The number of methoxy groups -OCH3 is 1. The van der Waals surface area contributed by atoms with E-state index in [9.17, 15) is 5.11 Å². The van der Waals surface area contributed by atoms with Crippen molar-refractivity contribution in [2.24, 2.45) is 23.5 Å². The number of rotatable bonds is 5. The Labute approximate surface area is 121 Å². The van der Waals surface area contributed by atoms with E-state index < -0.39 is 0 Å². The van der Waals surface area contributed by atoms with Crippen LogP contribution in [0.1, 0.15) is 37.2 Å². The fourth-order valence-corrected chi connectivity index (χ4v) is 4.15. The lowest BCUT2D eigenvalue weighted by atomic mass is 9.89. The summed E-state index contributed by atoms with van der Waals surface area (Å²) in [5.41, 5.74) is 7.07. The van der Waals surface area contributed by atoms with Crippen LogP contribution >= 0.6 is 0 Å². The molecule has 0 amide bonds. The van der Waals surface area contributed by atoms with E-state index in [1.807, 2.05) is 24.3 Å². The molecule has 0 aliphatic heterocycles. The number of aliphatic hydroxyl groups excluding tert-OH is 1. The second-order valence-electron chi connectivity index (χ2n) is 6.30. The molecule has 3 nitrogen and oxygen atoms in total. The van der Waals surface area contributed by atoms with Crippen LogP contribution in [0.4, 0.5) is 0 Å². The van der Waals surface area contributed by atoms with Crippen molar-refractivity contribution in [1.29, 1.82) is 0 Å². The molecule has 4 atom stereocenters. The Morgan fingerprint density at radius 1 is 1.20 bits per heavy atom. The van der Waals surface area contributed by atoms with Gasteiger partial charge in [0.25, 0.3) is 0 Å². The van der Waals surface area contributed by atoms with Crippen molar-refractivity contribution in [2.45, 2.75) is 37.7 Å². The van der Waals surface area contributed by atoms with Gasteiger partial charge in [0.1, 0.15) is 5.75 Å². The van der Waals surface area contributed by atoms with Gasteiger partial charge in [0, 0.05) is 12.5 Å². The average molecular weight is 275 g/mol. The Kier molecular flexibility index (Phi) is 3.99. The van der Waals surface area contributed by atoms with Crippen molar-refractivity contribution in [3.05, 3.63) is 29.8 Å². The summed E-state index contributed by atoms with van der Waals surface area (Å²) in [4.78, 5) is 0. The van der Waals surface area contributed by atoms with E-state index in [1.54, 1.807) is 7.11 Å². The van der Waals surface area contributed by atoms with Crippen LogP contribution in [-0.4, -0.2) is 24.9 Å². The number of hydrogen-bond acceptors (Lipinski definition) is 3. The lowest BCUT2D eigenvalue weighted by Crippen LogP contribution is -2.28. The highest BCUT2D eigenvalue weighted by atomic mass is 16.5. The van der Waals surface area contributed by atoms with Gasteiger partial charge in [-0.25, -0.2) is 0 Å². The van der Waals surface area contributed by atoms with Gasteiger partial charge < -0.3 is 15.6 Å². The molecule has 4 unspecified atom stereocenters.